The van der Waals surface area contributed by atoms with Crippen molar-refractivity contribution >= 4 is 11.8 Å². The van der Waals surface area contributed by atoms with Gasteiger partial charge in [0.15, 0.2) is 0 Å². The summed E-state index contributed by atoms with van der Waals surface area (Å²) in [5.74, 6) is -1.61. The highest BCUT2D eigenvalue weighted by atomic mass is 16.4. The molecule has 1 aromatic rings. The lowest BCUT2D eigenvalue weighted by molar-refractivity contribution is -0.155. The van der Waals surface area contributed by atoms with Crippen LogP contribution in [0, 0.1) is 11.3 Å². The van der Waals surface area contributed by atoms with Crippen LogP contribution in [0.2, 0.25) is 0 Å². The number of aliphatic carboxylic acids is 1. The molecule has 1 aromatic carbocycles. The summed E-state index contributed by atoms with van der Waals surface area (Å²) in [6, 6.07) is 9.31. The smallest absolute Gasteiger partial charge is 0.373 e. The normalized spacial score (nSPS) is 26.6. The van der Waals surface area contributed by atoms with Crippen LogP contribution in [0.25, 0.3) is 0 Å². The third-order valence-electron chi connectivity index (χ3n) is 4.37. The standard InChI is InChI=1S/C16H20O3/c1-15(2,3)12-9-16(10-12,13(17)14(18)19)11-7-5-4-6-8-11/h4-8,12H,9-10H2,1-3H3,(H,18,19). The number of Topliss-reactive ketones (excluding diaryl/α,β-unsaturated/α-hetero) is 1. The van der Waals surface area contributed by atoms with Gasteiger partial charge >= 0.3 is 5.97 Å². The van der Waals surface area contributed by atoms with Crippen LogP contribution in [0.1, 0.15) is 39.2 Å². The average molecular weight is 260 g/mol. The number of carboxylic acid groups (broad SMARTS) is 1. The second-order valence-corrected chi connectivity index (χ2v) is 6.55. The van der Waals surface area contributed by atoms with Crippen molar-refractivity contribution in [2.45, 2.75) is 39.0 Å². The summed E-state index contributed by atoms with van der Waals surface area (Å²) in [5, 5.41) is 9.08. The van der Waals surface area contributed by atoms with Crippen molar-refractivity contribution < 1.29 is 14.7 Å². The molecule has 0 heterocycles. The van der Waals surface area contributed by atoms with Crippen molar-refractivity contribution in [1.29, 1.82) is 0 Å². The van der Waals surface area contributed by atoms with Gasteiger partial charge in [0.05, 0.1) is 5.41 Å². The summed E-state index contributed by atoms with van der Waals surface area (Å²) in [7, 11) is 0. The third-order valence-corrected chi connectivity index (χ3v) is 4.37. The van der Waals surface area contributed by atoms with Gasteiger partial charge in [-0.3, -0.25) is 4.79 Å². The maximum absolute atomic E-state index is 12.1. The molecule has 0 aromatic heterocycles. The SMILES string of the molecule is CC(C)(C)C1CC(C(=O)C(=O)O)(c2ccccc2)C1. The van der Waals surface area contributed by atoms with E-state index in [1.54, 1.807) is 0 Å². The van der Waals surface area contributed by atoms with Crippen molar-refractivity contribution in [3.63, 3.8) is 0 Å². The van der Waals surface area contributed by atoms with Crippen molar-refractivity contribution in [3.8, 4) is 0 Å². The van der Waals surface area contributed by atoms with Gasteiger partial charge in [-0.05, 0) is 29.7 Å². The Kier molecular flexibility index (Phi) is 3.25. The van der Waals surface area contributed by atoms with E-state index in [4.69, 9.17) is 5.11 Å². The second kappa shape index (κ2) is 4.48. The lowest BCUT2D eigenvalue weighted by Crippen LogP contribution is -2.53. The second-order valence-electron chi connectivity index (χ2n) is 6.55. The Hall–Kier alpha value is -1.64. The van der Waals surface area contributed by atoms with Gasteiger partial charge in [0.2, 0.25) is 5.78 Å². The molecule has 1 saturated carbocycles. The van der Waals surface area contributed by atoms with Crippen molar-refractivity contribution in [2.75, 3.05) is 0 Å². The lowest BCUT2D eigenvalue weighted by atomic mass is 9.51. The Bertz CT molecular complexity index is 490. The first-order valence-corrected chi connectivity index (χ1v) is 6.60. The zero-order valence-electron chi connectivity index (χ0n) is 11.6. The lowest BCUT2D eigenvalue weighted by Gasteiger charge is -2.51. The molecule has 0 atom stereocenters. The summed E-state index contributed by atoms with van der Waals surface area (Å²) in [5.41, 5.74) is 0.130. The molecule has 102 valence electrons. The Balaban J connectivity index is 2.34. The Labute approximate surface area is 113 Å². The maximum atomic E-state index is 12.1. The molecule has 1 aliphatic rings. The first-order valence-electron chi connectivity index (χ1n) is 6.60. The molecular formula is C16H20O3. The number of ketones is 1. The molecular weight excluding hydrogens is 240 g/mol. The highest BCUT2D eigenvalue weighted by molar-refractivity contribution is 6.36. The van der Waals surface area contributed by atoms with E-state index in [9.17, 15) is 9.59 Å². The molecule has 0 radical (unpaired) electrons. The van der Waals surface area contributed by atoms with Gasteiger partial charge < -0.3 is 5.11 Å². The van der Waals surface area contributed by atoms with E-state index in [1.807, 2.05) is 30.3 Å². The molecule has 0 unspecified atom stereocenters. The van der Waals surface area contributed by atoms with E-state index in [2.05, 4.69) is 20.8 Å². The molecule has 0 saturated heterocycles. The number of hydrogen-bond donors (Lipinski definition) is 1. The Morgan fingerprint density at radius 3 is 2.11 bits per heavy atom. The van der Waals surface area contributed by atoms with E-state index >= 15 is 0 Å². The molecule has 19 heavy (non-hydrogen) atoms. The van der Waals surface area contributed by atoms with E-state index in [0.717, 1.165) is 5.56 Å². The van der Waals surface area contributed by atoms with Crippen LogP contribution in [0.5, 0.6) is 0 Å². The number of rotatable bonds is 3. The topological polar surface area (TPSA) is 54.4 Å². The van der Waals surface area contributed by atoms with Gasteiger partial charge in [0.25, 0.3) is 0 Å². The molecule has 2 rings (SSSR count). The molecule has 3 heteroatoms. The van der Waals surface area contributed by atoms with Crippen LogP contribution < -0.4 is 0 Å². The van der Waals surface area contributed by atoms with Crippen LogP contribution >= 0.6 is 0 Å². The molecule has 0 aliphatic heterocycles. The number of carbonyl (C=O) groups is 2. The molecule has 0 bridgehead atoms. The fourth-order valence-corrected chi connectivity index (χ4v) is 2.91. The van der Waals surface area contributed by atoms with Crippen molar-refractivity contribution in [2.24, 2.45) is 11.3 Å². The van der Waals surface area contributed by atoms with Gasteiger partial charge in [0.1, 0.15) is 0 Å². The highest BCUT2D eigenvalue weighted by Crippen LogP contribution is 2.54. The van der Waals surface area contributed by atoms with Gasteiger partial charge in [-0.1, -0.05) is 51.1 Å². The first kappa shape index (κ1) is 13.8. The van der Waals surface area contributed by atoms with E-state index in [1.165, 1.54) is 0 Å². The minimum Gasteiger partial charge on any atom is -0.475 e. The maximum Gasteiger partial charge on any atom is 0.373 e. The minimum absolute atomic E-state index is 0.108. The quantitative estimate of drug-likeness (QED) is 0.850. The minimum atomic E-state index is -1.32. The zero-order chi connectivity index (χ0) is 14.3. The molecule has 0 amide bonds. The van der Waals surface area contributed by atoms with Crippen LogP contribution in [0.15, 0.2) is 30.3 Å². The van der Waals surface area contributed by atoms with Crippen LogP contribution in [-0.4, -0.2) is 16.9 Å². The Morgan fingerprint density at radius 1 is 1.16 bits per heavy atom. The van der Waals surface area contributed by atoms with Gasteiger partial charge in [-0.2, -0.15) is 0 Å². The van der Waals surface area contributed by atoms with Gasteiger partial charge in [-0.25, -0.2) is 4.79 Å². The monoisotopic (exact) mass is 260 g/mol. The van der Waals surface area contributed by atoms with Gasteiger partial charge in [-0.15, -0.1) is 0 Å². The zero-order valence-corrected chi connectivity index (χ0v) is 11.6. The molecule has 1 fully saturated rings. The van der Waals surface area contributed by atoms with Crippen molar-refractivity contribution in [3.05, 3.63) is 35.9 Å². The van der Waals surface area contributed by atoms with E-state index in [0.29, 0.717) is 18.8 Å². The molecule has 3 nitrogen and oxygen atoms in total. The van der Waals surface area contributed by atoms with Crippen LogP contribution in [0.4, 0.5) is 0 Å². The van der Waals surface area contributed by atoms with Crippen molar-refractivity contribution in [1.82, 2.24) is 0 Å². The first-order chi connectivity index (χ1) is 8.77. The number of benzene rings is 1. The number of carbonyl (C=O) groups excluding carboxylic acids is 1. The van der Waals surface area contributed by atoms with Crippen LogP contribution in [-0.2, 0) is 15.0 Å². The number of hydrogen-bond acceptors (Lipinski definition) is 2. The largest absolute Gasteiger partial charge is 0.475 e. The molecule has 0 spiro atoms. The van der Waals surface area contributed by atoms with E-state index < -0.39 is 17.2 Å². The summed E-state index contributed by atoms with van der Waals surface area (Å²) in [6.45, 7) is 6.41. The van der Waals surface area contributed by atoms with E-state index in [-0.39, 0.29) is 5.41 Å². The van der Waals surface area contributed by atoms with Crippen LogP contribution in [0.3, 0.4) is 0 Å². The fourth-order valence-electron chi connectivity index (χ4n) is 2.91. The predicted molar refractivity (Wildman–Crippen MR) is 72.9 cm³/mol. The molecule has 1 aliphatic carbocycles. The van der Waals surface area contributed by atoms with Gasteiger partial charge in [0, 0.05) is 0 Å². The molecule has 1 N–H and O–H groups in total. The summed E-state index contributed by atoms with van der Waals surface area (Å²) in [4.78, 5) is 23.2. The highest BCUT2D eigenvalue weighted by Gasteiger charge is 2.55. The Morgan fingerprint density at radius 2 is 1.68 bits per heavy atom. The third kappa shape index (κ3) is 2.29. The predicted octanol–water partition coefficient (Wildman–Crippen LogP) is 3.03. The number of carboxylic acids is 1. The summed E-state index contributed by atoms with van der Waals surface area (Å²) in [6.07, 6.45) is 1.26. The summed E-state index contributed by atoms with van der Waals surface area (Å²) >= 11 is 0. The average Bonchev–Trinajstić information content (AvgIpc) is 2.27. The fraction of sp³-hybridized carbons (Fsp3) is 0.500. The summed E-state index contributed by atoms with van der Waals surface area (Å²) < 4.78 is 0.